The number of hydrogen-bond donors (Lipinski definition) is 2. The Morgan fingerprint density at radius 1 is 0.923 bits per heavy atom. The van der Waals surface area contributed by atoms with Crippen molar-refractivity contribution in [2.45, 2.75) is 45.3 Å². The SMILES string of the molecule is C[C@H](CO)C[C@@H](O)CO[Si](c1ccccc1)(c1ccccc1)C(C)(C)C. The number of aliphatic hydroxyl groups is 2. The minimum Gasteiger partial charge on any atom is -0.405 e. The van der Waals surface area contributed by atoms with Gasteiger partial charge in [0, 0.05) is 6.61 Å². The Labute approximate surface area is 158 Å². The molecular weight excluding hydrogens is 340 g/mol. The second-order valence-corrected chi connectivity index (χ2v) is 12.5. The second-order valence-electron chi connectivity index (χ2n) is 8.15. The van der Waals surface area contributed by atoms with Crippen molar-refractivity contribution in [2.24, 2.45) is 5.92 Å². The zero-order chi connectivity index (χ0) is 19.2. The molecule has 2 aromatic rings. The summed E-state index contributed by atoms with van der Waals surface area (Å²) in [6, 6.07) is 20.8. The van der Waals surface area contributed by atoms with Gasteiger partial charge < -0.3 is 14.6 Å². The molecule has 142 valence electrons. The lowest BCUT2D eigenvalue weighted by Gasteiger charge is -2.43. The van der Waals surface area contributed by atoms with E-state index in [1.165, 1.54) is 10.4 Å². The second kappa shape index (κ2) is 8.96. The first-order valence-corrected chi connectivity index (χ1v) is 11.3. The molecule has 0 saturated heterocycles. The van der Waals surface area contributed by atoms with Crippen LogP contribution < -0.4 is 10.4 Å². The van der Waals surface area contributed by atoms with Crippen LogP contribution in [0.3, 0.4) is 0 Å². The van der Waals surface area contributed by atoms with E-state index in [1.54, 1.807) is 0 Å². The molecule has 0 saturated carbocycles. The van der Waals surface area contributed by atoms with Crippen LogP contribution >= 0.6 is 0 Å². The molecule has 0 heterocycles. The van der Waals surface area contributed by atoms with E-state index in [1.807, 2.05) is 19.1 Å². The summed E-state index contributed by atoms with van der Waals surface area (Å²) in [5, 5.41) is 22.0. The molecule has 0 aromatic heterocycles. The van der Waals surface area contributed by atoms with Crippen molar-refractivity contribution in [1.82, 2.24) is 0 Å². The van der Waals surface area contributed by atoms with Crippen LogP contribution in [0.5, 0.6) is 0 Å². The van der Waals surface area contributed by atoms with Crippen LogP contribution in [0.2, 0.25) is 5.04 Å². The lowest BCUT2D eigenvalue weighted by atomic mass is 10.1. The third-order valence-corrected chi connectivity index (χ3v) is 9.90. The molecule has 4 heteroatoms. The summed E-state index contributed by atoms with van der Waals surface area (Å²) in [5.74, 6) is 0.0627. The van der Waals surface area contributed by atoms with Gasteiger partial charge in [0.25, 0.3) is 8.32 Å². The van der Waals surface area contributed by atoms with Crippen LogP contribution in [0.15, 0.2) is 60.7 Å². The summed E-state index contributed by atoms with van der Waals surface area (Å²) in [6.07, 6.45) is -0.0480. The van der Waals surface area contributed by atoms with Gasteiger partial charge in [-0.3, -0.25) is 0 Å². The molecule has 0 amide bonds. The normalized spacial score (nSPS) is 14.8. The summed E-state index contributed by atoms with van der Waals surface area (Å²) < 4.78 is 6.68. The maximum Gasteiger partial charge on any atom is 0.261 e. The summed E-state index contributed by atoms with van der Waals surface area (Å²) in [7, 11) is -2.60. The Balaban J connectivity index is 2.44. The summed E-state index contributed by atoms with van der Waals surface area (Å²) >= 11 is 0. The molecule has 2 N–H and O–H groups in total. The molecular formula is C22H32O3Si. The predicted molar refractivity (Wildman–Crippen MR) is 110 cm³/mol. The molecule has 0 aliphatic heterocycles. The standard InChI is InChI=1S/C22H32O3Si/c1-18(16-23)15-19(24)17-25-26(22(2,3)4,20-11-7-5-8-12-20)21-13-9-6-10-14-21/h5-14,18-19,23-24H,15-17H2,1-4H3/t18-,19+/m0/s1. The van der Waals surface area contributed by atoms with E-state index >= 15 is 0 Å². The minimum absolute atomic E-state index is 0.0627. The van der Waals surface area contributed by atoms with Crippen LogP contribution in [0.25, 0.3) is 0 Å². The highest BCUT2D eigenvalue weighted by atomic mass is 28.4. The first-order chi connectivity index (χ1) is 12.3. The molecule has 2 aromatic carbocycles. The molecule has 0 unspecified atom stereocenters. The van der Waals surface area contributed by atoms with E-state index < -0.39 is 14.4 Å². The van der Waals surface area contributed by atoms with Crippen LogP contribution in [-0.2, 0) is 4.43 Å². The number of rotatable bonds is 8. The quantitative estimate of drug-likeness (QED) is 0.701. The molecule has 0 fully saturated rings. The Bertz CT molecular complexity index is 613. The summed E-state index contributed by atoms with van der Waals surface area (Å²) in [5.41, 5.74) is 0. The van der Waals surface area contributed by atoms with E-state index in [-0.39, 0.29) is 24.2 Å². The van der Waals surface area contributed by atoms with Crippen molar-refractivity contribution >= 4 is 18.7 Å². The zero-order valence-corrected chi connectivity index (χ0v) is 17.4. The predicted octanol–water partition coefficient (Wildman–Crippen LogP) is 2.94. The van der Waals surface area contributed by atoms with Gasteiger partial charge in [0.1, 0.15) is 0 Å². The van der Waals surface area contributed by atoms with Crippen molar-refractivity contribution < 1.29 is 14.6 Å². The molecule has 2 rings (SSSR count). The largest absolute Gasteiger partial charge is 0.405 e. The van der Waals surface area contributed by atoms with Gasteiger partial charge in [-0.05, 0) is 27.8 Å². The van der Waals surface area contributed by atoms with E-state index in [0.29, 0.717) is 6.42 Å². The molecule has 0 spiro atoms. The van der Waals surface area contributed by atoms with E-state index in [2.05, 4.69) is 69.3 Å². The van der Waals surface area contributed by atoms with Crippen LogP contribution in [-0.4, -0.2) is 37.8 Å². The lowest BCUT2D eigenvalue weighted by molar-refractivity contribution is 0.0718. The highest BCUT2D eigenvalue weighted by Crippen LogP contribution is 2.36. The third-order valence-electron chi connectivity index (χ3n) is 4.90. The van der Waals surface area contributed by atoms with Gasteiger partial charge in [-0.15, -0.1) is 0 Å². The Kier molecular flexibility index (Phi) is 7.18. The first kappa shape index (κ1) is 20.8. The van der Waals surface area contributed by atoms with Crippen molar-refractivity contribution in [3.63, 3.8) is 0 Å². The Hall–Kier alpha value is -1.46. The Morgan fingerprint density at radius 3 is 1.77 bits per heavy atom. The fraction of sp³-hybridized carbons (Fsp3) is 0.455. The fourth-order valence-corrected chi connectivity index (χ4v) is 8.19. The number of hydrogen-bond acceptors (Lipinski definition) is 3. The highest BCUT2D eigenvalue weighted by molar-refractivity contribution is 6.99. The molecule has 3 nitrogen and oxygen atoms in total. The molecule has 26 heavy (non-hydrogen) atoms. The maximum absolute atomic E-state index is 10.5. The van der Waals surface area contributed by atoms with Gasteiger partial charge in [-0.25, -0.2) is 0 Å². The molecule has 2 atom stereocenters. The maximum atomic E-state index is 10.5. The van der Waals surface area contributed by atoms with Crippen molar-refractivity contribution in [3.8, 4) is 0 Å². The third kappa shape index (κ3) is 4.63. The van der Waals surface area contributed by atoms with E-state index in [9.17, 15) is 10.2 Å². The Morgan fingerprint density at radius 2 is 1.38 bits per heavy atom. The topological polar surface area (TPSA) is 49.7 Å². The van der Waals surface area contributed by atoms with Gasteiger partial charge in [0.15, 0.2) is 0 Å². The van der Waals surface area contributed by atoms with Gasteiger partial charge in [-0.2, -0.15) is 0 Å². The zero-order valence-electron chi connectivity index (χ0n) is 16.4. The van der Waals surface area contributed by atoms with E-state index in [0.717, 1.165) is 0 Å². The van der Waals surface area contributed by atoms with Crippen LogP contribution in [0.4, 0.5) is 0 Å². The smallest absolute Gasteiger partial charge is 0.261 e. The van der Waals surface area contributed by atoms with Crippen molar-refractivity contribution in [1.29, 1.82) is 0 Å². The molecule has 0 aliphatic carbocycles. The summed E-state index contributed by atoms with van der Waals surface area (Å²) in [6.45, 7) is 8.96. The van der Waals surface area contributed by atoms with Crippen LogP contribution in [0, 0.1) is 5.92 Å². The van der Waals surface area contributed by atoms with Crippen LogP contribution in [0.1, 0.15) is 34.1 Å². The average molecular weight is 373 g/mol. The molecule has 0 aliphatic rings. The van der Waals surface area contributed by atoms with Gasteiger partial charge >= 0.3 is 0 Å². The van der Waals surface area contributed by atoms with Crippen molar-refractivity contribution in [3.05, 3.63) is 60.7 Å². The molecule has 0 bridgehead atoms. The summed E-state index contributed by atoms with van der Waals surface area (Å²) in [4.78, 5) is 0. The van der Waals surface area contributed by atoms with Gasteiger partial charge in [0.2, 0.25) is 0 Å². The molecule has 0 radical (unpaired) electrons. The average Bonchev–Trinajstić information content (AvgIpc) is 2.62. The van der Waals surface area contributed by atoms with Crippen molar-refractivity contribution in [2.75, 3.05) is 13.2 Å². The first-order valence-electron chi connectivity index (χ1n) is 9.35. The monoisotopic (exact) mass is 372 g/mol. The minimum atomic E-state index is -2.60. The highest BCUT2D eigenvalue weighted by Gasteiger charge is 2.50. The lowest BCUT2D eigenvalue weighted by Crippen LogP contribution is -2.67. The van der Waals surface area contributed by atoms with Gasteiger partial charge in [-0.1, -0.05) is 88.4 Å². The van der Waals surface area contributed by atoms with E-state index in [4.69, 9.17) is 4.43 Å². The van der Waals surface area contributed by atoms with Gasteiger partial charge in [0.05, 0.1) is 12.7 Å². The number of aliphatic hydroxyl groups excluding tert-OH is 2. The fourth-order valence-electron chi connectivity index (χ4n) is 3.59. The number of benzene rings is 2.